The molecule has 1 saturated heterocycles. The van der Waals surface area contributed by atoms with Crippen molar-refractivity contribution in [3.63, 3.8) is 0 Å². The van der Waals surface area contributed by atoms with Crippen molar-refractivity contribution in [2.45, 2.75) is 32.0 Å². The van der Waals surface area contributed by atoms with Crippen LogP contribution in [0.1, 0.15) is 19.8 Å². The first-order valence-electron chi connectivity index (χ1n) is 4.31. The van der Waals surface area contributed by atoms with Crippen molar-refractivity contribution in [1.82, 2.24) is 4.90 Å². The number of likely N-dealkylation sites (tertiary alicyclic amines) is 1. The van der Waals surface area contributed by atoms with Crippen molar-refractivity contribution in [2.75, 3.05) is 19.6 Å². The molecule has 0 aromatic heterocycles. The molecule has 1 fully saturated rings. The highest BCUT2D eigenvalue weighted by Crippen LogP contribution is 2.09. The smallest absolute Gasteiger partial charge is 0.0679 e. The number of hydrogen-bond acceptors (Lipinski definition) is 3. The molecule has 3 heteroatoms. The van der Waals surface area contributed by atoms with Crippen LogP contribution < -0.4 is 0 Å². The molecule has 0 aromatic carbocycles. The van der Waals surface area contributed by atoms with E-state index in [0.717, 1.165) is 25.9 Å². The second-order valence-electron chi connectivity index (χ2n) is 3.26. The summed E-state index contributed by atoms with van der Waals surface area (Å²) in [7, 11) is 0. The lowest BCUT2D eigenvalue weighted by molar-refractivity contribution is 0.110. The number of nitrogens with zero attached hydrogens (tertiary/aromatic N) is 1. The Balaban J connectivity index is 2.17. The molecule has 1 heterocycles. The monoisotopic (exact) mass is 159 g/mol. The average Bonchev–Trinajstić information content (AvgIpc) is 2.35. The van der Waals surface area contributed by atoms with Gasteiger partial charge in [-0.2, -0.15) is 0 Å². The van der Waals surface area contributed by atoms with Gasteiger partial charge in [-0.3, -0.25) is 4.90 Å². The Bertz CT molecular complexity index is 119. The average molecular weight is 159 g/mol. The normalized spacial score (nSPS) is 29.2. The van der Waals surface area contributed by atoms with Crippen LogP contribution in [0.15, 0.2) is 0 Å². The molecule has 0 saturated carbocycles. The first kappa shape index (κ1) is 8.97. The van der Waals surface area contributed by atoms with Gasteiger partial charge in [0.2, 0.25) is 0 Å². The molecule has 1 aliphatic heterocycles. The summed E-state index contributed by atoms with van der Waals surface area (Å²) in [6, 6.07) is 0. The highest BCUT2D eigenvalue weighted by atomic mass is 16.3. The van der Waals surface area contributed by atoms with Crippen molar-refractivity contribution in [3.05, 3.63) is 0 Å². The van der Waals surface area contributed by atoms with Crippen LogP contribution in [0.4, 0.5) is 0 Å². The molecule has 0 aliphatic carbocycles. The largest absolute Gasteiger partial charge is 0.392 e. The van der Waals surface area contributed by atoms with Gasteiger partial charge in [0, 0.05) is 19.6 Å². The van der Waals surface area contributed by atoms with Crippen molar-refractivity contribution >= 4 is 0 Å². The number of rotatable bonds is 3. The summed E-state index contributed by atoms with van der Waals surface area (Å²) in [5, 5.41) is 18.4. The fraction of sp³-hybridized carbons (Fsp3) is 1.00. The van der Waals surface area contributed by atoms with Gasteiger partial charge in [0.05, 0.1) is 12.2 Å². The van der Waals surface area contributed by atoms with Crippen LogP contribution in [-0.4, -0.2) is 47.0 Å². The first-order valence-corrected chi connectivity index (χ1v) is 4.31. The molecular formula is C8H17NO2. The van der Waals surface area contributed by atoms with Gasteiger partial charge in [-0.25, -0.2) is 0 Å². The van der Waals surface area contributed by atoms with E-state index in [0.29, 0.717) is 6.54 Å². The van der Waals surface area contributed by atoms with E-state index in [2.05, 4.69) is 4.90 Å². The van der Waals surface area contributed by atoms with E-state index in [9.17, 15) is 5.11 Å². The molecule has 0 radical (unpaired) electrons. The van der Waals surface area contributed by atoms with E-state index < -0.39 is 0 Å². The second kappa shape index (κ2) is 4.04. The van der Waals surface area contributed by atoms with Crippen LogP contribution in [0, 0.1) is 0 Å². The minimum atomic E-state index is -0.222. The third kappa shape index (κ3) is 2.77. The van der Waals surface area contributed by atoms with E-state index in [1.807, 2.05) is 6.92 Å². The fourth-order valence-corrected chi connectivity index (χ4v) is 1.41. The highest BCUT2D eigenvalue weighted by molar-refractivity contribution is 4.75. The van der Waals surface area contributed by atoms with Crippen LogP contribution in [0.3, 0.4) is 0 Å². The summed E-state index contributed by atoms with van der Waals surface area (Å²) < 4.78 is 0. The highest BCUT2D eigenvalue weighted by Gasteiger charge is 2.21. The van der Waals surface area contributed by atoms with Crippen molar-refractivity contribution in [2.24, 2.45) is 0 Å². The van der Waals surface area contributed by atoms with Gasteiger partial charge in [-0.15, -0.1) is 0 Å². The summed E-state index contributed by atoms with van der Waals surface area (Å²) in [6.07, 6.45) is 1.27. The van der Waals surface area contributed by atoms with Gasteiger partial charge in [-0.05, 0) is 12.8 Å². The Morgan fingerprint density at radius 2 is 2.36 bits per heavy atom. The third-order valence-corrected chi connectivity index (χ3v) is 2.19. The summed E-state index contributed by atoms with van der Waals surface area (Å²) in [6.45, 7) is 4.35. The molecule has 0 bridgehead atoms. The van der Waals surface area contributed by atoms with Crippen LogP contribution in [0.5, 0.6) is 0 Å². The minimum Gasteiger partial charge on any atom is -0.392 e. The molecule has 2 N–H and O–H groups in total. The van der Waals surface area contributed by atoms with Gasteiger partial charge in [-0.1, -0.05) is 6.92 Å². The molecule has 0 spiro atoms. The van der Waals surface area contributed by atoms with Crippen molar-refractivity contribution in [1.29, 1.82) is 0 Å². The molecule has 66 valence electrons. The Labute approximate surface area is 67.6 Å². The van der Waals surface area contributed by atoms with E-state index in [-0.39, 0.29) is 12.2 Å². The van der Waals surface area contributed by atoms with Crippen molar-refractivity contribution in [3.8, 4) is 0 Å². The SMILES string of the molecule is CCC(O)CN1CC[C@@H](O)C1. The van der Waals surface area contributed by atoms with Crippen LogP contribution in [0.25, 0.3) is 0 Å². The Kier molecular flexibility index (Phi) is 3.30. The van der Waals surface area contributed by atoms with Gasteiger partial charge >= 0.3 is 0 Å². The summed E-state index contributed by atoms with van der Waals surface area (Å²) >= 11 is 0. The van der Waals surface area contributed by atoms with E-state index in [1.165, 1.54) is 0 Å². The third-order valence-electron chi connectivity index (χ3n) is 2.19. The maximum Gasteiger partial charge on any atom is 0.0679 e. The predicted molar refractivity (Wildman–Crippen MR) is 43.4 cm³/mol. The Morgan fingerprint density at radius 3 is 2.82 bits per heavy atom. The molecule has 0 aromatic rings. The van der Waals surface area contributed by atoms with E-state index >= 15 is 0 Å². The number of aliphatic hydroxyl groups is 2. The first-order chi connectivity index (χ1) is 5.22. The van der Waals surface area contributed by atoms with Crippen LogP contribution >= 0.6 is 0 Å². The lowest BCUT2D eigenvalue weighted by Gasteiger charge is -2.17. The van der Waals surface area contributed by atoms with Crippen LogP contribution in [-0.2, 0) is 0 Å². The summed E-state index contributed by atoms with van der Waals surface area (Å²) in [5.74, 6) is 0. The Hall–Kier alpha value is -0.120. The summed E-state index contributed by atoms with van der Waals surface area (Å²) in [4.78, 5) is 2.11. The van der Waals surface area contributed by atoms with Crippen LogP contribution in [0.2, 0.25) is 0 Å². The number of aliphatic hydroxyl groups excluding tert-OH is 2. The van der Waals surface area contributed by atoms with Gasteiger partial charge in [0.15, 0.2) is 0 Å². The number of β-amino-alcohol motifs (C(OH)–C–C–N with tert-alkyl or cyclic N) is 2. The Morgan fingerprint density at radius 1 is 1.64 bits per heavy atom. The standard InChI is InChI=1S/C8H17NO2/c1-2-7(10)5-9-4-3-8(11)6-9/h7-8,10-11H,2-6H2,1H3/t7?,8-/m1/s1. The zero-order chi connectivity index (χ0) is 8.27. The van der Waals surface area contributed by atoms with E-state index in [1.54, 1.807) is 0 Å². The second-order valence-corrected chi connectivity index (χ2v) is 3.26. The molecule has 2 atom stereocenters. The molecule has 1 unspecified atom stereocenters. The van der Waals surface area contributed by atoms with Gasteiger partial charge < -0.3 is 10.2 Å². The molecular weight excluding hydrogens is 142 g/mol. The lowest BCUT2D eigenvalue weighted by Crippen LogP contribution is -2.30. The molecule has 0 amide bonds. The zero-order valence-electron chi connectivity index (χ0n) is 7.03. The maximum atomic E-state index is 9.28. The van der Waals surface area contributed by atoms with Crippen molar-refractivity contribution < 1.29 is 10.2 Å². The van der Waals surface area contributed by atoms with Gasteiger partial charge in [0.25, 0.3) is 0 Å². The molecule has 11 heavy (non-hydrogen) atoms. The molecule has 1 rings (SSSR count). The predicted octanol–water partition coefficient (Wildman–Crippen LogP) is -0.176. The number of hydrogen-bond donors (Lipinski definition) is 2. The van der Waals surface area contributed by atoms with E-state index in [4.69, 9.17) is 5.11 Å². The maximum absolute atomic E-state index is 9.28. The lowest BCUT2D eigenvalue weighted by atomic mass is 10.2. The summed E-state index contributed by atoms with van der Waals surface area (Å²) in [5.41, 5.74) is 0. The molecule has 3 nitrogen and oxygen atoms in total. The fourth-order valence-electron chi connectivity index (χ4n) is 1.41. The molecule has 1 aliphatic rings. The quantitative estimate of drug-likeness (QED) is 0.600. The minimum absolute atomic E-state index is 0.168. The topological polar surface area (TPSA) is 43.7 Å². The zero-order valence-corrected chi connectivity index (χ0v) is 7.03. The van der Waals surface area contributed by atoms with Gasteiger partial charge in [0.1, 0.15) is 0 Å².